The fourth-order valence-corrected chi connectivity index (χ4v) is 5.79. The van der Waals surface area contributed by atoms with Crippen LogP contribution < -0.4 is 14.4 Å². The summed E-state index contributed by atoms with van der Waals surface area (Å²) >= 11 is 6.17. The second-order valence-corrected chi connectivity index (χ2v) is 9.56. The Bertz CT molecular complexity index is 1100. The highest BCUT2D eigenvalue weighted by Crippen LogP contribution is 2.43. The molecule has 2 atom stereocenters. The van der Waals surface area contributed by atoms with Crippen molar-refractivity contribution in [2.75, 3.05) is 51.8 Å². The van der Waals surface area contributed by atoms with E-state index in [1.807, 2.05) is 40.1 Å². The van der Waals surface area contributed by atoms with Crippen LogP contribution in [0.2, 0.25) is 5.02 Å². The average molecular weight is 484 g/mol. The lowest BCUT2D eigenvalue weighted by Crippen LogP contribution is -2.57. The molecule has 5 rings (SSSR count). The van der Waals surface area contributed by atoms with Gasteiger partial charge in [0.15, 0.2) is 11.5 Å². The fourth-order valence-electron chi connectivity index (χ4n) is 5.61. The van der Waals surface area contributed by atoms with Crippen LogP contribution in [0.15, 0.2) is 36.4 Å². The maximum atomic E-state index is 14.0. The Balaban J connectivity index is 1.44. The molecule has 2 fully saturated rings. The molecule has 34 heavy (non-hydrogen) atoms. The van der Waals surface area contributed by atoms with Crippen LogP contribution in [-0.4, -0.2) is 74.6 Å². The Hall–Kier alpha value is -2.93. The number of ether oxygens (including phenoxy) is 2. The molecule has 8 heteroatoms. The molecule has 2 unspecified atom stereocenters. The van der Waals surface area contributed by atoms with Gasteiger partial charge in [-0.2, -0.15) is 0 Å². The van der Waals surface area contributed by atoms with Crippen molar-refractivity contribution in [2.45, 2.75) is 31.2 Å². The summed E-state index contributed by atoms with van der Waals surface area (Å²) in [7, 11) is 3.14. The van der Waals surface area contributed by atoms with Crippen molar-refractivity contribution < 1.29 is 19.1 Å². The molecule has 2 aromatic rings. The first-order chi connectivity index (χ1) is 16.5. The molecule has 0 spiro atoms. The Labute approximate surface area is 205 Å². The van der Waals surface area contributed by atoms with E-state index in [9.17, 15) is 9.59 Å². The highest BCUT2D eigenvalue weighted by Gasteiger charge is 2.46. The van der Waals surface area contributed by atoms with Gasteiger partial charge in [-0.3, -0.25) is 9.59 Å². The second-order valence-electron chi connectivity index (χ2n) is 9.13. The number of amides is 2. The van der Waals surface area contributed by atoms with E-state index < -0.39 is 5.92 Å². The van der Waals surface area contributed by atoms with Gasteiger partial charge in [0.1, 0.15) is 0 Å². The van der Waals surface area contributed by atoms with Gasteiger partial charge in [0.2, 0.25) is 5.91 Å². The van der Waals surface area contributed by atoms with Gasteiger partial charge in [0, 0.05) is 55.0 Å². The summed E-state index contributed by atoms with van der Waals surface area (Å²) in [6.07, 6.45) is 2.81. The minimum absolute atomic E-state index is 0.0181. The molecule has 2 amide bonds. The van der Waals surface area contributed by atoms with E-state index in [2.05, 4.69) is 4.90 Å². The van der Waals surface area contributed by atoms with Gasteiger partial charge >= 0.3 is 0 Å². The quantitative estimate of drug-likeness (QED) is 0.662. The van der Waals surface area contributed by atoms with Gasteiger partial charge in [-0.25, -0.2) is 0 Å². The van der Waals surface area contributed by atoms with E-state index in [4.69, 9.17) is 21.1 Å². The lowest BCUT2D eigenvalue weighted by Gasteiger charge is -2.46. The highest BCUT2D eigenvalue weighted by molar-refractivity contribution is 6.30. The number of hydrogen-bond acceptors (Lipinski definition) is 5. The van der Waals surface area contributed by atoms with Crippen LogP contribution in [0.1, 0.15) is 41.1 Å². The van der Waals surface area contributed by atoms with Crippen molar-refractivity contribution in [3.05, 3.63) is 52.5 Å². The van der Waals surface area contributed by atoms with Crippen molar-refractivity contribution in [3.63, 3.8) is 0 Å². The average Bonchev–Trinajstić information content (AvgIpc) is 2.88. The molecule has 0 aliphatic carbocycles. The maximum absolute atomic E-state index is 14.0. The van der Waals surface area contributed by atoms with Crippen molar-refractivity contribution in [1.29, 1.82) is 0 Å². The van der Waals surface area contributed by atoms with Crippen molar-refractivity contribution in [2.24, 2.45) is 0 Å². The van der Waals surface area contributed by atoms with E-state index in [1.54, 1.807) is 20.3 Å². The first-order valence-electron chi connectivity index (χ1n) is 11.9. The number of hydrogen-bond donors (Lipinski definition) is 0. The fraction of sp³-hybridized carbons (Fsp3) is 0.462. The van der Waals surface area contributed by atoms with Crippen molar-refractivity contribution in [3.8, 4) is 11.5 Å². The minimum Gasteiger partial charge on any atom is -0.493 e. The SMILES string of the molecule is COc1cc2c(cc1OC)C(C(=O)N1CCN(c3cccc(Cl)c3)CC1)C1CCCCN1C2=O. The van der Waals surface area contributed by atoms with E-state index in [1.165, 1.54) is 0 Å². The maximum Gasteiger partial charge on any atom is 0.254 e. The van der Waals surface area contributed by atoms with Crippen LogP contribution in [0.25, 0.3) is 0 Å². The number of rotatable bonds is 4. The standard InChI is InChI=1S/C26H30ClN3O4/c1-33-22-15-19-20(16-23(22)34-2)25(31)30-9-4-3-8-21(30)24(19)26(32)29-12-10-28(11-13-29)18-7-5-6-17(27)14-18/h5-7,14-16,21,24H,3-4,8-13H2,1-2H3. The predicted molar refractivity (Wildman–Crippen MR) is 131 cm³/mol. The number of benzene rings is 2. The third-order valence-electron chi connectivity index (χ3n) is 7.35. The smallest absolute Gasteiger partial charge is 0.254 e. The zero-order valence-corrected chi connectivity index (χ0v) is 20.4. The minimum atomic E-state index is -0.398. The van der Waals surface area contributed by atoms with Crippen LogP contribution in [0, 0.1) is 0 Å². The molecule has 7 nitrogen and oxygen atoms in total. The first-order valence-corrected chi connectivity index (χ1v) is 12.3. The number of carbonyl (C=O) groups excluding carboxylic acids is 2. The summed E-state index contributed by atoms with van der Waals surface area (Å²) in [5.74, 6) is 0.720. The third-order valence-corrected chi connectivity index (χ3v) is 7.58. The zero-order chi connectivity index (χ0) is 23.8. The van der Waals surface area contributed by atoms with E-state index in [-0.39, 0.29) is 17.9 Å². The van der Waals surface area contributed by atoms with Crippen molar-refractivity contribution >= 4 is 29.1 Å². The molecular formula is C26H30ClN3O4. The summed E-state index contributed by atoms with van der Waals surface area (Å²) in [6, 6.07) is 11.3. The van der Waals surface area contributed by atoms with Gasteiger partial charge in [-0.15, -0.1) is 0 Å². The lowest BCUT2D eigenvalue weighted by atomic mass is 9.78. The monoisotopic (exact) mass is 483 g/mol. The Morgan fingerprint density at radius 3 is 2.41 bits per heavy atom. The summed E-state index contributed by atoms with van der Waals surface area (Å²) in [5, 5.41) is 0.709. The molecule has 3 heterocycles. The molecule has 3 aliphatic rings. The van der Waals surface area contributed by atoms with Crippen LogP contribution >= 0.6 is 11.6 Å². The van der Waals surface area contributed by atoms with Crippen LogP contribution in [0.5, 0.6) is 11.5 Å². The largest absolute Gasteiger partial charge is 0.493 e. The predicted octanol–water partition coefficient (Wildman–Crippen LogP) is 3.80. The number of anilines is 1. The third kappa shape index (κ3) is 3.96. The molecular weight excluding hydrogens is 454 g/mol. The van der Waals surface area contributed by atoms with E-state index in [0.717, 1.165) is 43.6 Å². The number of fused-ring (bicyclic) bond motifs is 2. The zero-order valence-electron chi connectivity index (χ0n) is 19.6. The Kier molecular flexibility index (Phi) is 6.30. The number of halogens is 1. The Morgan fingerprint density at radius 2 is 1.71 bits per heavy atom. The molecule has 3 aliphatic heterocycles. The van der Waals surface area contributed by atoms with Crippen molar-refractivity contribution in [1.82, 2.24) is 9.80 Å². The topological polar surface area (TPSA) is 62.3 Å². The molecule has 2 saturated heterocycles. The molecule has 0 radical (unpaired) electrons. The second kappa shape index (κ2) is 9.37. The van der Waals surface area contributed by atoms with Crippen LogP contribution in [-0.2, 0) is 4.79 Å². The summed E-state index contributed by atoms with van der Waals surface area (Å²) in [5.41, 5.74) is 2.38. The number of nitrogens with zero attached hydrogens (tertiary/aromatic N) is 3. The van der Waals surface area contributed by atoms with E-state index >= 15 is 0 Å². The highest BCUT2D eigenvalue weighted by atomic mass is 35.5. The first kappa shape index (κ1) is 22.8. The van der Waals surface area contributed by atoms with Crippen LogP contribution in [0.3, 0.4) is 0 Å². The molecule has 0 saturated carbocycles. The van der Waals surface area contributed by atoms with Gasteiger partial charge in [0.05, 0.1) is 20.1 Å². The van der Waals surface area contributed by atoms with Gasteiger partial charge in [-0.05, 0) is 55.2 Å². The molecule has 2 aromatic carbocycles. The van der Waals surface area contributed by atoms with Gasteiger partial charge in [0.25, 0.3) is 5.91 Å². The molecule has 180 valence electrons. The summed E-state index contributed by atoms with van der Waals surface area (Å²) in [6.45, 7) is 3.43. The lowest BCUT2D eigenvalue weighted by molar-refractivity contribution is -0.135. The van der Waals surface area contributed by atoms with Crippen LogP contribution in [0.4, 0.5) is 5.69 Å². The molecule has 0 bridgehead atoms. The molecule has 0 N–H and O–H groups in total. The van der Waals surface area contributed by atoms with Gasteiger partial charge < -0.3 is 24.2 Å². The van der Waals surface area contributed by atoms with E-state index in [0.29, 0.717) is 41.7 Å². The molecule has 0 aromatic heterocycles. The number of piperidine rings is 1. The Morgan fingerprint density at radius 1 is 0.971 bits per heavy atom. The number of methoxy groups -OCH3 is 2. The number of piperazine rings is 1. The summed E-state index contributed by atoms with van der Waals surface area (Å²) < 4.78 is 11.0. The van der Waals surface area contributed by atoms with Gasteiger partial charge in [-0.1, -0.05) is 17.7 Å². The summed E-state index contributed by atoms with van der Waals surface area (Å²) in [4.78, 5) is 33.5. The number of carbonyl (C=O) groups is 2. The normalized spacial score (nSPS) is 22.2.